The van der Waals surface area contributed by atoms with Crippen molar-refractivity contribution in [2.24, 2.45) is 0 Å². The van der Waals surface area contributed by atoms with Gasteiger partial charge in [0.25, 0.3) is 0 Å². The van der Waals surface area contributed by atoms with E-state index in [0.29, 0.717) is 17.1 Å². The monoisotopic (exact) mass is 454 g/mol. The molecule has 3 N–H and O–H groups in total. The number of aryl methyl sites for hydroxylation is 1. The topological polar surface area (TPSA) is 100 Å². The molecule has 0 aliphatic heterocycles. The highest BCUT2D eigenvalue weighted by atomic mass is 32.2. The zero-order valence-electron chi connectivity index (χ0n) is 17.1. The highest BCUT2D eigenvalue weighted by Crippen LogP contribution is 2.24. The van der Waals surface area contributed by atoms with E-state index in [0.717, 1.165) is 15.6 Å². The Kier molecular flexibility index (Phi) is 7.80. The Balaban J connectivity index is 1.46. The van der Waals surface area contributed by atoms with Crippen LogP contribution in [-0.4, -0.2) is 28.5 Å². The molecule has 0 fully saturated rings. The number of carbonyl (C=O) groups is 3. The molecule has 0 atom stereocenters. The number of rotatable bonds is 8. The molecule has 160 valence electrons. The molecule has 1 heterocycles. The summed E-state index contributed by atoms with van der Waals surface area (Å²) in [7, 11) is 0. The second-order valence-corrected chi connectivity index (χ2v) is 8.88. The maximum atomic E-state index is 12.2. The van der Waals surface area contributed by atoms with E-state index in [1.54, 1.807) is 24.3 Å². The average Bonchev–Trinajstić information content (AvgIpc) is 3.15. The van der Waals surface area contributed by atoms with E-state index in [9.17, 15) is 14.4 Å². The lowest BCUT2D eigenvalue weighted by Gasteiger charge is -2.07. The zero-order valence-corrected chi connectivity index (χ0v) is 18.7. The molecule has 0 bridgehead atoms. The molecule has 0 saturated carbocycles. The Labute approximate surface area is 188 Å². The zero-order chi connectivity index (χ0) is 22.2. The summed E-state index contributed by atoms with van der Waals surface area (Å²) in [6, 6.07) is 14.5. The van der Waals surface area contributed by atoms with Crippen molar-refractivity contribution >= 4 is 57.9 Å². The molecule has 3 rings (SSSR count). The number of aromatic nitrogens is 1. The predicted octanol–water partition coefficient (Wildman–Crippen LogP) is 4.32. The Morgan fingerprint density at radius 3 is 2.32 bits per heavy atom. The minimum Gasteiger partial charge on any atom is -0.326 e. The van der Waals surface area contributed by atoms with Crippen LogP contribution in [0.1, 0.15) is 18.2 Å². The number of carbonyl (C=O) groups excluding carboxylic acids is 3. The second kappa shape index (κ2) is 10.7. The fourth-order valence-corrected chi connectivity index (χ4v) is 4.29. The van der Waals surface area contributed by atoms with Crippen molar-refractivity contribution in [1.29, 1.82) is 0 Å². The van der Waals surface area contributed by atoms with Gasteiger partial charge < -0.3 is 16.0 Å². The minimum absolute atomic E-state index is 0.137. The maximum absolute atomic E-state index is 12.2. The number of thiazole rings is 1. The van der Waals surface area contributed by atoms with Crippen LogP contribution in [0, 0.1) is 6.92 Å². The molecule has 7 nitrogen and oxygen atoms in total. The van der Waals surface area contributed by atoms with Crippen molar-refractivity contribution in [3.8, 4) is 0 Å². The Hall–Kier alpha value is -3.17. The van der Waals surface area contributed by atoms with E-state index in [1.807, 2.05) is 36.6 Å². The van der Waals surface area contributed by atoms with E-state index in [-0.39, 0.29) is 29.9 Å². The number of thioether (sulfide) groups is 1. The molecular formula is C22H22N4O3S2. The molecule has 1 aromatic heterocycles. The molecule has 2 aromatic carbocycles. The lowest BCUT2D eigenvalue weighted by Crippen LogP contribution is -2.15. The van der Waals surface area contributed by atoms with Crippen LogP contribution in [0.15, 0.2) is 58.3 Å². The first-order chi connectivity index (χ1) is 14.9. The van der Waals surface area contributed by atoms with Crippen molar-refractivity contribution < 1.29 is 14.4 Å². The number of hydrogen-bond donors (Lipinski definition) is 3. The third kappa shape index (κ3) is 7.54. The summed E-state index contributed by atoms with van der Waals surface area (Å²) in [5, 5.41) is 10.1. The molecule has 0 aliphatic carbocycles. The van der Waals surface area contributed by atoms with Crippen LogP contribution in [-0.2, 0) is 20.8 Å². The molecule has 0 spiro atoms. The van der Waals surface area contributed by atoms with Gasteiger partial charge >= 0.3 is 0 Å². The summed E-state index contributed by atoms with van der Waals surface area (Å²) in [5.74, 6) is -0.306. The van der Waals surface area contributed by atoms with E-state index in [1.165, 1.54) is 30.0 Å². The van der Waals surface area contributed by atoms with Crippen LogP contribution in [0.2, 0.25) is 0 Å². The van der Waals surface area contributed by atoms with Crippen LogP contribution < -0.4 is 16.0 Å². The van der Waals surface area contributed by atoms with Crippen molar-refractivity contribution in [2.75, 3.05) is 21.7 Å². The summed E-state index contributed by atoms with van der Waals surface area (Å²) in [6.45, 7) is 3.42. The van der Waals surface area contributed by atoms with Gasteiger partial charge in [-0.05, 0) is 37.3 Å². The van der Waals surface area contributed by atoms with Gasteiger partial charge in [0.05, 0.1) is 17.9 Å². The molecular weight excluding hydrogens is 432 g/mol. The Morgan fingerprint density at radius 1 is 0.935 bits per heavy atom. The van der Waals surface area contributed by atoms with Gasteiger partial charge in [-0.2, -0.15) is 0 Å². The smallest absolute Gasteiger partial charge is 0.234 e. The maximum Gasteiger partial charge on any atom is 0.234 e. The molecule has 0 saturated heterocycles. The van der Waals surface area contributed by atoms with Gasteiger partial charge in [-0.1, -0.05) is 35.5 Å². The SMILES string of the molecule is CC(=O)Nc1cccc(NC(=O)CSc2nc(CC(=O)Nc3ccc(C)cc3)cs2)c1. The highest BCUT2D eigenvalue weighted by Gasteiger charge is 2.11. The van der Waals surface area contributed by atoms with Crippen LogP contribution in [0.4, 0.5) is 17.1 Å². The first kappa shape index (κ1) is 22.5. The molecule has 0 aliphatic rings. The summed E-state index contributed by atoms with van der Waals surface area (Å²) in [6.07, 6.45) is 0.174. The summed E-state index contributed by atoms with van der Waals surface area (Å²) >= 11 is 2.71. The standard InChI is InChI=1S/C22H22N4O3S2/c1-14-6-8-16(9-7-14)24-20(28)11-19-12-30-22(26-19)31-13-21(29)25-18-5-3-4-17(10-18)23-15(2)27/h3-10,12H,11,13H2,1-2H3,(H,23,27)(H,24,28)(H,25,29). The van der Waals surface area contributed by atoms with Crippen LogP contribution in [0.3, 0.4) is 0 Å². The van der Waals surface area contributed by atoms with Gasteiger partial charge in [0.15, 0.2) is 4.34 Å². The predicted molar refractivity (Wildman–Crippen MR) is 126 cm³/mol. The van der Waals surface area contributed by atoms with Gasteiger partial charge in [-0.15, -0.1) is 11.3 Å². The normalized spacial score (nSPS) is 10.4. The second-order valence-electron chi connectivity index (χ2n) is 6.79. The summed E-state index contributed by atoms with van der Waals surface area (Å²) < 4.78 is 0.722. The number of amides is 3. The molecule has 0 unspecified atom stereocenters. The number of nitrogens with zero attached hydrogens (tertiary/aromatic N) is 1. The van der Waals surface area contributed by atoms with E-state index in [2.05, 4.69) is 20.9 Å². The number of nitrogens with one attached hydrogen (secondary N) is 3. The van der Waals surface area contributed by atoms with Crippen molar-refractivity contribution in [2.45, 2.75) is 24.6 Å². The van der Waals surface area contributed by atoms with Crippen molar-refractivity contribution in [3.05, 3.63) is 65.2 Å². The van der Waals surface area contributed by atoms with Gasteiger partial charge in [0, 0.05) is 29.4 Å². The largest absolute Gasteiger partial charge is 0.326 e. The molecule has 0 radical (unpaired) electrons. The van der Waals surface area contributed by atoms with Crippen LogP contribution in [0.25, 0.3) is 0 Å². The van der Waals surface area contributed by atoms with Crippen LogP contribution in [0.5, 0.6) is 0 Å². The lowest BCUT2D eigenvalue weighted by atomic mass is 10.2. The van der Waals surface area contributed by atoms with Gasteiger partial charge in [-0.3, -0.25) is 14.4 Å². The molecule has 9 heteroatoms. The first-order valence-electron chi connectivity index (χ1n) is 9.48. The fraction of sp³-hybridized carbons (Fsp3) is 0.182. The Bertz CT molecular complexity index is 1080. The van der Waals surface area contributed by atoms with E-state index in [4.69, 9.17) is 0 Å². The van der Waals surface area contributed by atoms with Crippen molar-refractivity contribution in [3.63, 3.8) is 0 Å². The van der Waals surface area contributed by atoms with Crippen LogP contribution >= 0.6 is 23.1 Å². The number of anilines is 3. The summed E-state index contributed by atoms with van der Waals surface area (Å²) in [4.78, 5) is 40.0. The fourth-order valence-electron chi connectivity index (χ4n) is 2.64. The molecule has 31 heavy (non-hydrogen) atoms. The van der Waals surface area contributed by atoms with Crippen molar-refractivity contribution in [1.82, 2.24) is 4.98 Å². The first-order valence-corrected chi connectivity index (χ1v) is 11.3. The number of benzene rings is 2. The quantitative estimate of drug-likeness (QED) is 0.440. The molecule has 3 amide bonds. The molecule has 3 aromatic rings. The minimum atomic E-state index is -0.182. The van der Waals surface area contributed by atoms with E-state index >= 15 is 0 Å². The van der Waals surface area contributed by atoms with E-state index < -0.39 is 0 Å². The van der Waals surface area contributed by atoms with Gasteiger partial charge in [0.1, 0.15) is 0 Å². The lowest BCUT2D eigenvalue weighted by molar-refractivity contribution is -0.116. The average molecular weight is 455 g/mol. The summed E-state index contributed by atoms with van der Waals surface area (Å²) in [5.41, 5.74) is 3.76. The van der Waals surface area contributed by atoms with Gasteiger partial charge in [-0.25, -0.2) is 4.98 Å². The third-order valence-corrected chi connectivity index (χ3v) is 6.07. The number of hydrogen-bond acceptors (Lipinski definition) is 6. The van der Waals surface area contributed by atoms with Gasteiger partial charge in [0.2, 0.25) is 17.7 Å². The third-order valence-electron chi connectivity index (χ3n) is 4.00. The highest BCUT2D eigenvalue weighted by molar-refractivity contribution is 8.01. The Morgan fingerprint density at radius 2 is 1.61 bits per heavy atom.